The van der Waals surface area contributed by atoms with E-state index in [9.17, 15) is 0 Å². The molecular weight excluding hydrogens is 246 g/mol. The van der Waals surface area contributed by atoms with Crippen molar-refractivity contribution in [2.75, 3.05) is 5.73 Å². The molecular formula is C12H15N5S. The van der Waals surface area contributed by atoms with E-state index in [2.05, 4.69) is 19.7 Å². The van der Waals surface area contributed by atoms with Crippen molar-refractivity contribution in [2.45, 2.75) is 42.4 Å². The summed E-state index contributed by atoms with van der Waals surface area (Å²) in [6.07, 6.45) is 6.38. The Hall–Kier alpha value is -1.56. The maximum Gasteiger partial charge on any atom is 0.197 e. The number of hydrogen-bond donors (Lipinski definition) is 1. The largest absolute Gasteiger partial charge is 0.397 e. The molecule has 1 aliphatic rings. The van der Waals surface area contributed by atoms with Gasteiger partial charge in [-0.1, -0.05) is 6.42 Å². The average Bonchev–Trinajstić information content (AvgIpc) is 2.62. The fourth-order valence-corrected chi connectivity index (χ4v) is 2.90. The number of nitrogens with zero attached hydrogens (tertiary/aromatic N) is 4. The lowest BCUT2D eigenvalue weighted by Crippen LogP contribution is -2.02. The van der Waals surface area contributed by atoms with E-state index in [0.717, 1.165) is 29.0 Å². The van der Waals surface area contributed by atoms with Crippen LogP contribution in [0.15, 0.2) is 28.5 Å². The third kappa shape index (κ3) is 2.33. The molecule has 0 saturated carbocycles. The van der Waals surface area contributed by atoms with Crippen LogP contribution in [-0.4, -0.2) is 19.7 Å². The molecule has 18 heavy (non-hydrogen) atoms. The van der Waals surface area contributed by atoms with Crippen molar-refractivity contribution in [3.8, 4) is 0 Å². The minimum atomic E-state index is 0.680. The zero-order valence-corrected chi connectivity index (χ0v) is 10.9. The molecule has 6 heteroatoms. The minimum Gasteiger partial charge on any atom is -0.397 e. The van der Waals surface area contributed by atoms with Crippen molar-refractivity contribution in [2.24, 2.45) is 0 Å². The Morgan fingerprint density at radius 1 is 1.17 bits per heavy atom. The van der Waals surface area contributed by atoms with Crippen molar-refractivity contribution in [3.05, 3.63) is 24.2 Å². The standard InChI is InChI=1S/C12H15N5S/c13-9-5-6-11(14-8-9)18-12-16-15-10-4-2-1-3-7-17(10)12/h5-6,8H,1-4,7,13H2. The highest BCUT2D eigenvalue weighted by Gasteiger charge is 2.15. The van der Waals surface area contributed by atoms with E-state index in [1.807, 2.05) is 12.1 Å². The number of aromatic nitrogens is 4. The van der Waals surface area contributed by atoms with Gasteiger partial charge in [0.25, 0.3) is 0 Å². The molecule has 0 radical (unpaired) electrons. The van der Waals surface area contributed by atoms with Gasteiger partial charge in [-0.25, -0.2) is 4.98 Å². The van der Waals surface area contributed by atoms with Gasteiger partial charge in [-0.2, -0.15) is 0 Å². The molecule has 0 fully saturated rings. The van der Waals surface area contributed by atoms with E-state index in [1.54, 1.807) is 18.0 Å². The number of fused-ring (bicyclic) bond motifs is 1. The highest BCUT2D eigenvalue weighted by atomic mass is 32.2. The molecule has 0 atom stereocenters. The van der Waals surface area contributed by atoms with Gasteiger partial charge in [0.2, 0.25) is 0 Å². The Bertz CT molecular complexity index is 534. The van der Waals surface area contributed by atoms with Gasteiger partial charge in [0.15, 0.2) is 5.16 Å². The predicted molar refractivity (Wildman–Crippen MR) is 70.3 cm³/mol. The molecule has 0 bridgehead atoms. The van der Waals surface area contributed by atoms with Crippen molar-refractivity contribution >= 4 is 17.4 Å². The normalized spacial score (nSPS) is 15.1. The third-order valence-electron chi connectivity index (χ3n) is 3.03. The second kappa shape index (κ2) is 4.97. The average molecular weight is 261 g/mol. The summed E-state index contributed by atoms with van der Waals surface area (Å²) < 4.78 is 2.22. The molecule has 2 N–H and O–H groups in total. The molecule has 0 spiro atoms. The summed E-state index contributed by atoms with van der Waals surface area (Å²) in [6, 6.07) is 3.77. The lowest BCUT2D eigenvalue weighted by Gasteiger charge is -2.05. The van der Waals surface area contributed by atoms with Gasteiger partial charge in [-0.05, 0) is 36.7 Å². The van der Waals surface area contributed by atoms with Crippen molar-refractivity contribution < 1.29 is 0 Å². The lowest BCUT2D eigenvalue weighted by molar-refractivity contribution is 0.590. The zero-order valence-electron chi connectivity index (χ0n) is 10.0. The van der Waals surface area contributed by atoms with Crippen LogP contribution in [-0.2, 0) is 13.0 Å². The fourth-order valence-electron chi connectivity index (χ4n) is 2.08. The van der Waals surface area contributed by atoms with Crippen molar-refractivity contribution in [1.82, 2.24) is 19.7 Å². The number of nitrogen functional groups attached to an aromatic ring is 1. The number of rotatable bonds is 2. The van der Waals surface area contributed by atoms with Gasteiger partial charge >= 0.3 is 0 Å². The highest BCUT2D eigenvalue weighted by Crippen LogP contribution is 2.27. The molecule has 2 aromatic rings. The van der Waals surface area contributed by atoms with Gasteiger partial charge < -0.3 is 10.3 Å². The summed E-state index contributed by atoms with van der Waals surface area (Å²) in [7, 11) is 0. The van der Waals surface area contributed by atoms with E-state index >= 15 is 0 Å². The van der Waals surface area contributed by atoms with Gasteiger partial charge in [0.1, 0.15) is 10.9 Å². The Labute approximate surface area is 110 Å². The van der Waals surface area contributed by atoms with E-state index < -0.39 is 0 Å². The van der Waals surface area contributed by atoms with E-state index in [-0.39, 0.29) is 0 Å². The first-order chi connectivity index (χ1) is 8.83. The number of anilines is 1. The van der Waals surface area contributed by atoms with E-state index in [1.165, 1.54) is 19.3 Å². The van der Waals surface area contributed by atoms with E-state index in [4.69, 9.17) is 5.73 Å². The second-order valence-electron chi connectivity index (χ2n) is 4.39. The van der Waals surface area contributed by atoms with Crippen LogP contribution in [0.1, 0.15) is 25.1 Å². The topological polar surface area (TPSA) is 69.6 Å². The maximum absolute atomic E-state index is 5.63. The SMILES string of the molecule is Nc1ccc(Sc2nnc3n2CCCCC3)nc1. The zero-order chi connectivity index (χ0) is 12.4. The van der Waals surface area contributed by atoms with Gasteiger partial charge in [-0.3, -0.25) is 0 Å². The van der Waals surface area contributed by atoms with Gasteiger partial charge in [0.05, 0.1) is 11.9 Å². The van der Waals surface area contributed by atoms with Crippen LogP contribution in [0.3, 0.4) is 0 Å². The monoisotopic (exact) mass is 261 g/mol. The second-order valence-corrected chi connectivity index (χ2v) is 5.38. The van der Waals surface area contributed by atoms with Crippen LogP contribution < -0.4 is 5.73 Å². The first-order valence-electron chi connectivity index (χ1n) is 6.14. The van der Waals surface area contributed by atoms with Gasteiger partial charge in [0, 0.05) is 13.0 Å². The summed E-state index contributed by atoms with van der Waals surface area (Å²) in [5.41, 5.74) is 6.31. The molecule has 1 aliphatic heterocycles. The van der Waals surface area contributed by atoms with Crippen molar-refractivity contribution in [3.63, 3.8) is 0 Å². The Balaban J connectivity index is 1.84. The minimum absolute atomic E-state index is 0.680. The van der Waals surface area contributed by atoms with Crippen molar-refractivity contribution in [1.29, 1.82) is 0 Å². The smallest absolute Gasteiger partial charge is 0.197 e. The summed E-state index contributed by atoms with van der Waals surface area (Å²) in [5, 5.41) is 10.4. The molecule has 5 nitrogen and oxygen atoms in total. The molecule has 0 saturated heterocycles. The molecule has 0 aliphatic carbocycles. The van der Waals surface area contributed by atoms with Crippen LogP contribution in [0.5, 0.6) is 0 Å². The third-order valence-corrected chi connectivity index (χ3v) is 3.97. The van der Waals surface area contributed by atoms with Crippen LogP contribution in [0, 0.1) is 0 Å². The maximum atomic E-state index is 5.63. The van der Waals surface area contributed by atoms with Crippen LogP contribution >= 0.6 is 11.8 Å². The summed E-state index contributed by atoms with van der Waals surface area (Å²) in [4.78, 5) is 4.28. The van der Waals surface area contributed by atoms with Gasteiger partial charge in [-0.15, -0.1) is 10.2 Å². The summed E-state index contributed by atoms with van der Waals surface area (Å²) in [5.74, 6) is 1.10. The molecule has 2 aromatic heterocycles. The first kappa shape index (κ1) is 11.5. The number of pyridine rings is 1. The molecule has 94 valence electrons. The molecule has 0 aromatic carbocycles. The first-order valence-corrected chi connectivity index (χ1v) is 6.96. The molecule has 3 rings (SSSR count). The Morgan fingerprint density at radius 3 is 2.94 bits per heavy atom. The predicted octanol–water partition coefficient (Wildman–Crippen LogP) is 2.13. The van der Waals surface area contributed by atoms with Crippen LogP contribution in [0.2, 0.25) is 0 Å². The van der Waals surface area contributed by atoms with Crippen LogP contribution in [0.4, 0.5) is 5.69 Å². The summed E-state index contributed by atoms with van der Waals surface area (Å²) >= 11 is 1.55. The summed E-state index contributed by atoms with van der Waals surface area (Å²) in [6.45, 7) is 1.01. The fraction of sp³-hybridized carbons (Fsp3) is 0.417. The molecule has 3 heterocycles. The molecule has 0 unspecified atom stereocenters. The Morgan fingerprint density at radius 2 is 2.11 bits per heavy atom. The number of nitrogens with two attached hydrogens (primary N) is 1. The quantitative estimate of drug-likeness (QED) is 0.896. The lowest BCUT2D eigenvalue weighted by atomic mass is 10.2. The number of hydrogen-bond acceptors (Lipinski definition) is 5. The van der Waals surface area contributed by atoms with E-state index in [0.29, 0.717) is 5.69 Å². The van der Waals surface area contributed by atoms with Crippen LogP contribution in [0.25, 0.3) is 0 Å². The number of aryl methyl sites for hydroxylation is 1. The molecule has 0 amide bonds. The Kier molecular flexibility index (Phi) is 3.19. The highest BCUT2D eigenvalue weighted by molar-refractivity contribution is 7.99.